The molecule has 0 aromatic heterocycles. The Bertz CT molecular complexity index is 488. The molecule has 0 bridgehead atoms. The molecule has 4 heteroatoms. The molecule has 3 rings (SSSR count). The second-order valence-corrected chi connectivity index (χ2v) is 5.62. The number of benzene rings is 1. The number of amides is 1. The van der Waals surface area contributed by atoms with Gasteiger partial charge in [0.2, 0.25) is 5.91 Å². The van der Waals surface area contributed by atoms with E-state index in [-0.39, 0.29) is 0 Å². The summed E-state index contributed by atoms with van der Waals surface area (Å²) in [5, 5.41) is 0. The zero-order chi connectivity index (χ0) is 13.4. The number of anilines is 1. The third-order valence-electron chi connectivity index (χ3n) is 4.47. The number of nitrogens with two attached hydrogens (primary N) is 1. The largest absolute Gasteiger partial charge is 0.399 e. The summed E-state index contributed by atoms with van der Waals surface area (Å²) in [5.74, 6) is 0.334. The van der Waals surface area contributed by atoms with Crippen LogP contribution in [0, 0.1) is 0 Å². The number of carbonyl (C=O) groups excluding carboxylic acids is 1. The fraction of sp³-hybridized carbons (Fsp3) is 0.533. The lowest BCUT2D eigenvalue weighted by molar-refractivity contribution is -0.131. The van der Waals surface area contributed by atoms with Gasteiger partial charge in [-0.15, -0.1) is 0 Å². The van der Waals surface area contributed by atoms with E-state index < -0.39 is 0 Å². The van der Waals surface area contributed by atoms with Crippen LogP contribution < -0.4 is 5.73 Å². The first-order chi connectivity index (χ1) is 9.15. The molecule has 2 unspecified atom stereocenters. The number of rotatable bonds is 2. The summed E-state index contributed by atoms with van der Waals surface area (Å²) in [6.45, 7) is 5.04. The van der Waals surface area contributed by atoms with Crippen molar-refractivity contribution in [3.63, 3.8) is 0 Å². The SMILES string of the molecule is CC(c1cccc(N)c1)N1CCN2C(=O)CCC2C1. The van der Waals surface area contributed by atoms with Crippen molar-refractivity contribution in [3.05, 3.63) is 29.8 Å². The van der Waals surface area contributed by atoms with Crippen molar-refractivity contribution in [2.24, 2.45) is 0 Å². The summed E-state index contributed by atoms with van der Waals surface area (Å²) in [7, 11) is 0. The van der Waals surface area contributed by atoms with E-state index in [2.05, 4.69) is 28.9 Å². The Balaban J connectivity index is 1.72. The van der Waals surface area contributed by atoms with Crippen LogP contribution in [0.2, 0.25) is 0 Å². The third kappa shape index (κ3) is 2.32. The number of fused-ring (bicyclic) bond motifs is 1. The van der Waals surface area contributed by atoms with E-state index >= 15 is 0 Å². The molecule has 0 saturated carbocycles. The van der Waals surface area contributed by atoms with Gasteiger partial charge in [-0.05, 0) is 31.0 Å². The van der Waals surface area contributed by atoms with Crippen LogP contribution >= 0.6 is 0 Å². The van der Waals surface area contributed by atoms with Crippen LogP contribution in [0.15, 0.2) is 24.3 Å². The molecule has 2 heterocycles. The summed E-state index contributed by atoms with van der Waals surface area (Å²) >= 11 is 0. The molecule has 102 valence electrons. The zero-order valence-electron chi connectivity index (χ0n) is 11.4. The molecule has 2 fully saturated rings. The summed E-state index contributed by atoms with van der Waals surface area (Å²) in [6, 6.07) is 8.90. The van der Waals surface area contributed by atoms with Gasteiger partial charge >= 0.3 is 0 Å². The second kappa shape index (κ2) is 4.85. The number of nitrogens with zero attached hydrogens (tertiary/aromatic N) is 2. The zero-order valence-corrected chi connectivity index (χ0v) is 11.4. The highest BCUT2D eigenvalue weighted by Gasteiger charge is 2.36. The Morgan fingerprint density at radius 3 is 3.00 bits per heavy atom. The number of hydrogen-bond acceptors (Lipinski definition) is 3. The van der Waals surface area contributed by atoms with Gasteiger partial charge in [-0.25, -0.2) is 0 Å². The molecule has 0 spiro atoms. The molecule has 2 saturated heterocycles. The molecule has 1 aromatic rings. The predicted octanol–water partition coefficient (Wildman–Crippen LogP) is 1.64. The Hall–Kier alpha value is -1.55. The van der Waals surface area contributed by atoms with Crippen molar-refractivity contribution in [1.29, 1.82) is 0 Å². The van der Waals surface area contributed by atoms with Gasteiger partial charge in [0.05, 0.1) is 0 Å². The van der Waals surface area contributed by atoms with E-state index in [1.807, 2.05) is 12.1 Å². The average Bonchev–Trinajstić information content (AvgIpc) is 2.79. The minimum atomic E-state index is 0.334. The molecule has 19 heavy (non-hydrogen) atoms. The molecule has 1 amide bonds. The lowest BCUT2D eigenvalue weighted by Gasteiger charge is -2.40. The van der Waals surface area contributed by atoms with E-state index in [9.17, 15) is 4.79 Å². The first-order valence-corrected chi connectivity index (χ1v) is 7.04. The summed E-state index contributed by atoms with van der Waals surface area (Å²) in [4.78, 5) is 16.2. The van der Waals surface area contributed by atoms with Gasteiger partial charge in [0.25, 0.3) is 0 Å². The van der Waals surface area contributed by atoms with Crippen molar-refractivity contribution in [1.82, 2.24) is 9.80 Å². The molecular formula is C15H21N3O. The maximum atomic E-state index is 11.7. The Morgan fingerprint density at radius 2 is 2.21 bits per heavy atom. The van der Waals surface area contributed by atoms with E-state index in [1.165, 1.54) is 5.56 Å². The topological polar surface area (TPSA) is 49.6 Å². The first-order valence-electron chi connectivity index (χ1n) is 7.04. The molecule has 2 aliphatic rings. The van der Waals surface area contributed by atoms with Gasteiger partial charge in [-0.1, -0.05) is 12.1 Å². The highest BCUT2D eigenvalue weighted by molar-refractivity contribution is 5.78. The van der Waals surface area contributed by atoms with Crippen LogP contribution in [0.1, 0.15) is 31.4 Å². The fourth-order valence-electron chi connectivity index (χ4n) is 3.27. The van der Waals surface area contributed by atoms with E-state index in [0.717, 1.165) is 38.2 Å². The maximum absolute atomic E-state index is 11.7. The molecule has 4 nitrogen and oxygen atoms in total. The van der Waals surface area contributed by atoms with Gasteiger partial charge in [0.1, 0.15) is 0 Å². The quantitative estimate of drug-likeness (QED) is 0.821. The number of carbonyl (C=O) groups is 1. The standard InChI is InChI=1S/C15H21N3O/c1-11(12-3-2-4-13(16)9-12)17-7-8-18-14(10-17)5-6-15(18)19/h2-4,9,11,14H,5-8,10,16H2,1H3. The molecule has 2 aliphatic heterocycles. The van der Waals surface area contributed by atoms with Gasteiger partial charge in [0, 0.05) is 43.8 Å². The van der Waals surface area contributed by atoms with Crippen LogP contribution in [0.25, 0.3) is 0 Å². The van der Waals surface area contributed by atoms with Crippen LogP contribution in [-0.2, 0) is 4.79 Å². The lowest BCUT2D eigenvalue weighted by atomic mass is 10.0. The molecule has 0 aliphatic carbocycles. The number of hydrogen-bond donors (Lipinski definition) is 1. The van der Waals surface area contributed by atoms with Gasteiger partial charge in [-0.3, -0.25) is 9.69 Å². The van der Waals surface area contributed by atoms with Crippen LogP contribution in [0.3, 0.4) is 0 Å². The summed E-state index contributed by atoms with van der Waals surface area (Å²) in [5.41, 5.74) is 7.94. The lowest BCUT2D eigenvalue weighted by Crippen LogP contribution is -2.51. The van der Waals surface area contributed by atoms with Gasteiger partial charge in [0.15, 0.2) is 0 Å². The molecule has 2 N–H and O–H groups in total. The van der Waals surface area contributed by atoms with E-state index in [1.54, 1.807) is 0 Å². The Kier molecular flexibility index (Phi) is 3.19. The Labute approximate surface area is 114 Å². The molecular weight excluding hydrogens is 238 g/mol. The van der Waals surface area contributed by atoms with Crippen molar-refractivity contribution < 1.29 is 4.79 Å². The van der Waals surface area contributed by atoms with E-state index in [4.69, 9.17) is 5.73 Å². The van der Waals surface area contributed by atoms with Crippen molar-refractivity contribution >= 4 is 11.6 Å². The first kappa shape index (κ1) is 12.5. The summed E-state index contributed by atoms with van der Waals surface area (Å²) in [6.07, 6.45) is 1.74. The molecule has 2 atom stereocenters. The second-order valence-electron chi connectivity index (χ2n) is 5.62. The van der Waals surface area contributed by atoms with Crippen LogP contribution in [-0.4, -0.2) is 41.4 Å². The van der Waals surface area contributed by atoms with Crippen LogP contribution in [0.5, 0.6) is 0 Å². The number of piperazine rings is 1. The van der Waals surface area contributed by atoms with Crippen LogP contribution in [0.4, 0.5) is 5.69 Å². The molecule has 1 aromatic carbocycles. The predicted molar refractivity (Wildman–Crippen MR) is 75.6 cm³/mol. The fourth-order valence-corrected chi connectivity index (χ4v) is 3.27. The highest BCUT2D eigenvalue weighted by atomic mass is 16.2. The average molecular weight is 259 g/mol. The van der Waals surface area contributed by atoms with Crippen molar-refractivity contribution in [3.8, 4) is 0 Å². The highest BCUT2D eigenvalue weighted by Crippen LogP contribution is 2.29. The Morgan fingerprint density at radius 1 is 1.37 bits per heavy atom. The van der Waals surface area contributed by atoms with Crippen molar-refractivity contribution in [2.75, 3.05) is 25.4 Å². The normalized spacial score (nSPS) is 25.4. The van der Waals surface area contributed by atoms with E-state index in [0.29, 0.717) is 18.0 Å². The van der Waals surface area contributed by atoms with Crippen molar-refractivity contribution in [2.45, 2.75) is 31.8 Å². The number of nitrogen functional groups attached to an aromatic ring is 1. The van der Waals surface area contributed by atoms with Gasteiger partial charge in [-0.2, -0.15) is 0 Å². The maximum Gasteiger partial charge on any atom is 0.222 e. The summed E-state index contributed by atoms with van der Waals surface area (Å²) < 4.78 is 0. The minimum absolute atomic E-state index is 0.334. The molecule has 0 radical (unpaired) electrons. The third-order valence-corrected chi connectivity index (χ3v) is 4.47. The monoisotopic (exact) mass is 259 g/mol. The van der Waals surface area contributed by atoms with Gasteiger partial charge < -0.3 is 10.6 Å². The minimum Gasteiger partial charge on any atom is -0.399 e. The smallest absolute Gasteiger partial charge is 0.222 e.